The van der Waals surface area contributed by atoms with Crippen molar-refractivity contribution in [1.29, 1.82) is 0 Å². The summed E-state index contributed by atoms with van der Waals surface area (Å²) in [5.74, 6) is -0.0424. The minimum Gasteiger partial charge on any atom is -0.491 e. The normalized spacial score (nSPS) is 12.0. The van der Waals surface area contributed by atoms with Crippen LogP contribution in [0.1, 0.15) is 12.5 Å². The van der Waals surface area contributed by atoms with Gasteiger partial charge in [0.05, 0.1) is 5.02 Å². The molecule has 0 fully saturated rings. The van der Waals surface area contributed by atoms with Crippen LogP contribution in [0.15, 0.2) is 48.7 Å². The van der Waals surface area contributed by atoms with Gasteiger partial charge in [-0.25, -0.2) is 0 Å². The number of carbonyl (C=O) groups is 2. The zero-order chi connectivity index (χ0) is 22.4. The van der Waals surface area contributed by atoms with E-state index < -0.39 is 6.04 Å². The lowest BCUT2D eigenvalue weighted by molar-refractivity contribution is -0.125. The number of fused-ring (bicyclic) bond motifs is 1. The lowest BCUT2D eigenvalue weighted by Gasteiger charge is -2.18. The number of nitrogens with zero attached hydrogens (tertiary/aromatic N) is 1. The molecule has 2 aromatic carbocycles. The second-order valence-electron chi connectivity index (χ2n) is 7.60. The molecule has 0 aliphatic carbocycles. The Labute approximate surface area is 186 Å². The molecule has 0 radical (unpaired) electrons. The van der Waals surface area contributed by atoms with Gasteiger partial charge in [-0.1, -0.05) is 29.8 Å². The van der Waals surface area contributed by atoms with Gasteiger partial charge in [0.15, 0.2) is 0 Å². The number of H-pyrrole nitrogens is 1. The van der Waals surface area contributed by atoms with E-state index in [-0.39, 0.29) is 11.8 Å². The van der Waals surface area contributed by atoms with Crippen molar-refractivity contribution in [1.82, 2.24) is 15.2 Å². The Bertz CT molecular complexity index is 1060. The number of amides is 2. The maximum Gasteiger partial charge on any atom is 0.247 e. The van der Waals surface area contributed by atoms with Crippen molar-refractivity contribution in [3.05, 3.63) is 59.2 Å². The molecular formula is C23H27ClN4O3. The van der Waals surface area contributed by atoms with Crippen LogP contribution in [0.2, 0.25) is 5.02 Å². The molecule has 7 nitrogen and oxygen atoms in total. The topological polar surface area (TPSA) is 86.5 Å². The van der Waals surface area contributed by atoms with Crippen LogP contribution >= 0.6 is 11.6 Å². The molecule has 0 saturated carbocycles. The van der Waals surface area contributed by atoms with Crippen molar-refractivity contribution in [3.8, 4) is 5.75 Å². The number of likely N-dealkylation sites (N-methyl/N-ethyl adjacent to an activating group) is 1. The predicted molar refractivity (Wildman–Crippen MR) is 124 cm³/mol. The van der Waals surface area contributed by atoms with E-state index in [1.54, 1.807) is 18.2 Å². The van der Waals surface area contributed by atoms with Crippen molar-refractivity contribution in [2.24, 2.45) is 0 Å². The van der Waals surface area contributed by atoms with E-state index in [1.165, 1.54) is 6.92 Å². The molecule has 3 aromatic rings. The van der Waals surface area contributed by atoms with E-state index in [9.17, 15) is 9.59 Å². The first kappa shape index (κ1) is 22.7. The van der Waals surface area contributed by atoms with E-state index in [1.807, 2.05) is 49.5 Å². The molecule has 0 saturated heterocycles. The summed E-state index contributed by atoms with van der Waals surface area (Å²) in [5, 5.41) is 7.01. The van der Waals surface area contributed by atoms with Crippen LogP contribution in [0.25, 0.3) is 10.9 Å². The number of para-hydroxylation sites is 1. The molecule has 31 heavy (non-hydrogen) atoms. The zero-order valence-electron chi connectivity index (χ0n) is 17.9. The minimum absolute atomic E-state index is 0.275. The molecule has 8 heteroatoms. The van der Waals surface area contributed by atoms with Gasteiger partial charge >= 0.3 is 0 Å². The smallest absolute Gasteiger partial charge is 0.247 e. The fraction of sp³-hybridized carbons (Fsp3) is 0.304. The molecule has 3 rings (SSSR count). The van der Waals surface area contributed by atoms with E-state index in [2.05, 4.69) is 15.6 Å². The Hall–Kier alpha value is -3.03. The molecule has 1 atom stereocenters. The molecule has 0 aliphatic rings. The summed E-state index contributed by atoms with van der Waals surface area (Å²) in [4.78, 5) is 29.9. The average molecular weight is 443 g/mol. The third-order valence-electron chi connectivity index (χ3n) is 4.79. The number of carbonyl (C=O) groups excluding carboxylic acids is 2. The Morgan fingerprint density at radius 3 is 2.68 bits per heavy atom. The summed E-state index contributed by atoms with van der Waals surface area (Å²) in [6.07, 6.45) is 2.22. The SMILES string of the molecule is CC(=O)NC(Cc1c[nH]c2ccccc12)C(=O)Nc1ccc(OCCN(C)C)c(Cl)c1. The highest BCUT2D eigenvalue weighted by Crippen LogP contribution is 2.28. The Morgan fingerprint density at radius 2 is 1.97 bits per heavy atom. The number of halogens is 1. The number of rotatable bonds is 9. The standard InChI is InChI=1S/C23H27ClN4O3/c1-15(29)26-21(12-16-14-25-20-7-5-4-6-18(16)20)23(30)27-17-8-9-22(19(24)13-17)31-11-10-28(2)3/h4-9,13-14,21,25H,10-12H2,1-3H3,(H,26,29)(H,27,30). The van der Waals surface area contributed by atoms with Gasteiger partial charge in [-0.05, 0) is 43.9 Å². The van der Waals surface area contributed by atoms with Crippen molar-refractivity contribution in [2.75, 3.05) is 32.6 Å². The molecule has 0 aliphatic heterocycles. The van der Waals surface area contributed by atoms with Gasteiger partial charge in [-0.2, -0.15) is 0 Å². The van der Waals surface area contributed by atoms with Gasteiger partial charge < -0.3 is 25.3 Å². The van der Waals surface area contributed by atoms with Crippen LogP contribution in [0.5, 0.6) is 5.75 Å². The van der Waals surface area contributed by atoms with Crippen LogP contribution in [0.4, 0.5) is 5.69 Å². The first-order chi connectivity index (χ1) is 14.8. The summed E-state index contributed by atoms with van der Waals surface area (Å²) in [6.45, 7) is 2.67. The van der Waals surface area contributed by atoms with E-state index in [4.69, 9.17) is 16.3 Å². The van der Waals surface area contributed by atoms with Gasteiger partial charge in [0.25, 0.3) is 0 Å². The maximum atomic E-state index is 12.9. The molecule has 2 amide bonds. The van der Waals surface area contributed by atoms with Crippen molar-refractivity contribution >= 4 is 40.0 Å². The summed E-state index contributed by atoms with van der Waals surface area (Å²) >= 11 is 6.31. The lowest BCUT2D eigenvalue weighted by Crippen LogP contribution is -2.44. The zero-order valence-corrected chi connectivity index (χ0v) is 18.6. The summed E-state index contributed by atoms with van der Waals surface area (Å²) in [7, 11) is 3.93. The van der Waals surface area contributed by atoms with Crippen LogP contribution < -0.4 is 15.4 Å². The molecule has 164 valence electrons. The predicted octanol–water partition coefficient (Wildman–Crippen LogP) is 3.45. The third-order valence-corrected chi connectivity index (χ3v) is 5.08. The van der Waals surface area contributed by atoms with Crippen LogP contribution in [-0.2, 0) is 16.0 Å². The number of hydrogen-bond acceptors (Lipinski definition) is 4. The number of aromatic nitrogens is 1. The van der Waals surface area contributed by atoms with Crippen LogP contribution in [0.3, 0.4) is 0 Å². The second-order valence-corrected chi connectivity index (χ2v) is 8.01. The van der Waals surface area contributed by atoms with Gasteiger partial charge in [0.1, 0.15) is 18.4 Å². The largest absolute Gasteiger partial charge is 0.491 e. The number of ether oxygens (including phenoxy) is 1. The Balaban J connectivity index is 1.70. The van der Waals surface area contributed by atoms with E-state index >= 15 is 0 Å². The van der Waals surface area contributed by atoms with Gasteiger partial charge in [-0.15, -0.1) is 0 Å². The highest BCUT2D eigenvalue weighted by molar-refractivity contribution is 6.32. The summed E-state index contributed by atoms with van der Waals surface area (Å²) in [6, 6.07) is 12.2. The molecule has 1 aromatic heterocycles. The number of nitrogens with one attached hydrogen (secondary N) is 3. The van der Waals surface area contributed by atoms with Crippen molar-refractivity contribution in [3.63, 3.8) is 0 Å². The van der Waals surface area contributed by atoms with Crippen molar-refractivity contribution in [2.45, 2.75) is 19.4 Å². The van der Waals surface area contributed by atoms with E-state index in [0.29, 0.717) is 29.5 Å². The quantitative estimate of drug-likeness (QED) is 0.473. The number of aromatic amines is 1. The van der Waals surface area contributed by atoms with Crippen LogP contribution in [-0.4, -0.2) is 55.0 Å². The fourth-order valence-electron chi connectivity index (χ4n) is 3.24. The van der Waals surface area contributed by atoms with Gasteiger partial charge in [-0.3, -0.25) is 9.59 Å². The average Bonchev–Trinajstić information content (AvgIpc) is 3.11. The molecule has 1 heterocycles. The van der Waals surface area contributed by atoms with E-state index in [0.717, 1.165) is 23.0 Å². The third kappa shape index (κ3) is 6.23. The monoisotopic (exact) mass is 442 g/mol. The highest BCUT2D eigenvalue weighted by Gasteiger charge is 2.22. The molecular weight excluding hydrogens is 416 g/mol. The molecule has 0 bridgehead atoms. The first-order valence-corrected chi connectivity index (χ1v) is 10.4. The van der Waals surface area contributed by atoms with Crippen LogP contribution in [0, 0.1) is 0 Å². The lowest BCUT2D eigenvalue weighted by atomic mass is 10.0. The Kier molecular flexibility index (Phi) is 7.55. The molecule has 0 spiro atoms. The van der Waals surface area contributed by atoms with Gasteiger partial charge in [0.2, 0.25) is 11.8 Å². The summed E-state index contributed by atoms with van der Waals surface area (Å²) < 4.78 is 5.67. The minimum atomic E-state index is -0.730. The maximum absolute atomic E-state index is 12.9. The number of hydrogen-bond donors (Lipinski definition) is 3. The second kappa shape index (κ2) is 10.3. The van der Waals surface area contributed by atoms with Gasteiger partial charge in [0, 0.05) is 42.7 Å². The highest BCUT2D eigenvalue weighted by atomic mass is 35.5. The van der Waals surface area contributed by atoms with Crippen molar-refractivity contribution < 1.29 is 14.3 Å². The Morgan fingerprint density at radius 1 is 1.19 bits per heavy atom. The number of benzene rings is 2. The molecule has 3 N–H and O–H groups in total. The number of anilines is 1. The first-order valence-electron chi connectivity index (χ1n) is 10.0. The molecule has 1 unspecified atom stereocenters. The fourth-order valence-corrected chi connectivity index (χ4v) is 3.47. The summed E-state index contributed by atoms with van der Waals surface area (Å²) in [5.41, 5.74) is 2.47.